The van der Waals surface area contributed by atoms with Gasteiger partial charge in [-0.2, -0.15) is 11.8 Å². The fraction of sp³-hybridized carbons (Fsp3) is 0.857. The fourth-order valence-corrected chi connectivity index (χ4v) is 2.39. The topological polar surface area (TPSA) is 4.36 Å². The van der Waals surface area contributed by atoms with Crippen LogP contribution in [0.5, 0.6) is 0 Å². The van der Waals surface area contributed by atoms with Gasteiger partial charge in [0.2, 0.25) is 6.54 Å². The molecule has 1 unspecified atom stereocenters. The van der Waals surface area contributed by atoms with Crippen LogP contribution in [0.2, 0.25) is 0 Å². The molecule has 1 atom stereocenters. The van der Waals surface area contributed by atoms with E-state index in [1.54, 1.807) is 0 Å². The molecule has 0 radical (unpaired) electrons. The van der Waals surface area contributed by atoms with Crippen LogP contribution in [0, 0.1) is 12.5 Å². The summed E-state index contributed by atoms with van der Waals surface area (Å²) in [6.07, 6.45) is 2.48. The quantitative estimate of drug-likeness (QED) is 0.532. The highest BCUT2D eigenvalue weighted by molar-refractivity contribution is 7.99. The van der Waals surface area contributed by atoms with Crippen LogP contribution in [0.25, 0.3) is 4.85 Å². The molecule has 0 N–H and O–H groups in total. The number of nitrogens with zero attached hydrogens (tertiary/aromatic N) is 1. The lowest BCUT2D eigenvalue weighted by Gasteiger charge is -1.99. The Labute approximate surface area is 60.6 Å². The van der Waals surface area contributed by atoms with Crippen molar-refractivity contribution in [1.29, 1.82) is 0 Å². The molecule has 0 amide bonds. The molecule has 1 aliphatic rings. The summed E-state index contributed by atoms with van der Waals surface area (Å²) in [4.78, 5) is 3.34. The Hall–Kier alpha value is -0.160. The van der Waals surface area contributed by atoms with E-state index in [4.69, 9.17) is 6.57 Å². The van der Waals surface area contributed by atoms with Gasteiger partial charge in [0, 0.05) is 6.42 Å². The molecule has 0 aromatic carbocycles. The largest absolute Gasteiger partial charge is 0.317 e. The second kappa shape index (κ2) is 3.79. The highest BCUT2D eigenvalue weighted by Gasteiger charge is 2.15. The molecular formula is C7H11NS. The monoisotopic (exact) mass is 141 g/mol. The van der Waals surface area contributed by atoms with Gasteiger partial charge in [0.1, 0.15) is 0 Å². The van der Waals surface area contributed by atoms with Gasteiger partial charge in [-0.1, -0.05) is 0 Å². The highest BCUT2D eigenvalue weighted by atomic mass is 32.2. The number of hydrogen-bond acceptors (Lipinski definition) is 1. The molecule has 0 aromatic rings. The van der Waals surface area contributed by atoms with Crippen molar-refractivity contribution >= 4 is 11.8 Å². The Morgan fingerprint density at radius 2 is 2.56 bits per heavy atom. The number of rotatable bonds is 2. The lowest BCUT2D eigenvalue weighted by Crippen LogP contribution is -1.98. The lowest BCUT2D eigenvalue weighted by atomic mass is 10.1. The minimum Gasteiger partial charge on any atom is -0.317 e. The third-order valence-electron chi connectivity index (χ3n) is 1.67. The smallest absolute Gasteiger partial charge is 0.215 e. The maximum absolute atomic E-state index is 6.58. The molecule has 0 aliphatic carbocycles. The van der Waals surface area contributed by atoms with Crippen LogP contribution in [0.3, 0.4) is 0 Å². The first kappa shape index (κ1) is 6.95. The summed E-state index contributed by atoms with van der Waals surface area (Å²) in [6.45, 7) is 7.33. The number of thioether (sulfide) groups is 1. The predicted octanol–water partition coefficient (Wildman–Crippen LogP) is 2.05. The molecule has 9 heavy (non-hydrogen) atoms. The van der Waals surface area contributed by atoms with Crippen molar-refractivity contribution in [3.63, 3.8) is 0 Å². The highest BCUT2D eigenvalue weighted by Crippen LogP contribution is 2.25. The Kier molecular flexibility index (Phi) is 2.93. The van der Waals surface area contributed by atoms with Gasteiger partial charge in [0.25, 0.3) is 0 Å². The molecule has 1 fully saturated rings. The van der Waals surface area contributed by atoms with Crippen LogP contribution < -0.4 is 0 Å². The zero-order valence-corrected chi connectivity index (χ0v) is 6.28. The first-order valence-electron chi connectivity index (χ1n) is 3.34. The minimum atomic E-state index is 0.741. The molecule has 1 nitrogen and oxygen atoms in total. The summed E-state index contributed by atoms with van der Waals surface area (Å²) in [7, 11) is 0. The summed E-state index contributed by atoms with van der Waals surface area (Å²) < 4.78 is 0. The van der Waals surface area contributed by atoms with Crippen LogP contribution in [-0.2, 0) is 0 Å². The van der Waals surface area contributed by atoms with E-state index in [1.165, 1.54) is 17.9 Å². The second-order valence-corrected chi connectivity index (χ2v) is 3.55. The molecule has 0 saturated carbocycles. The second-order valence-electron chi connectivity index (χ2n) is 2.40. The van der Waals surface area contributed by atoms with Gasteiger partial charge in [-0.05, 0) is 23.8 Å². The van der Waals surface area contributed by atoms with Crippen molar-refractivity contribution in [3.8, 4) is 0 Å². The molecule has 0 spiro atoms. The lowest BCUT2D eigenvalue weighted by molar-refractivity contribution is 0.570. The molecule has 50 valence electrons. The van der Waals surface area contributed by atoms with E-state index in [9.17, 15) is 0 Å². The van der Waals surface area contributed by atoms with Crippen molar-refractivity contribution in [2.45, 2.75) is 12.8 Å². The van der Waals surface area contributed by atoms with Crippen molar-refractivity contribution in [1.82, 2.24) is 0 Å². The summed E-state index contributed by atoms with van der Waals surface area (Å²) >= 11 is 2.03. The number of hydrogen-bond donors (Lipinski definition) is 0. The average Bonchev–Trinajstić information content (AvgIpc) is 2.34. The fourth-order valence-electron chi connectivity index (χ4n) is 1.06. The summed E-state index contributed by atoms with van der Waals surface area (Å²) in [5.74, 6) is 3.49. The van der Waals surface area contributed by atoms with Gasteiger partial charge in [0.05, 0.1) is 0 Å². The van der Waals surface area contributed by atoms with E-state index in [0.717, 1.165) is 18.9 Å². The van der Waals surface area contributed by atoms with E-state index in [-0.39, 0.29) is 0 Å². The van der Waals surface area contributed by atoms with Crippen LogP contribution in [0.15, 0.2) is 0 Å². The van der Waals surface area contributed by atoms with Crippen LogP contribution in [0.1, 0.15) is 12.8 Å². The molecule has 0 bridgehead atoms. The van der Waals surface area contributed by atoms with Crippen molar-refractivity contribution in [2.75, 3.05) is 18.1 Å². The maximum Gasteiger partial charge on any atom is 0.215 e. The SMILES string of the molecule is [C-]#[N+]CCC1CCSC1. The summed E-state index contributed by atoms with van der Waals surface area (Å²) in [6, 6.07) is 0. The van der Waals surface area contributed by atoms with Crippen LogP contribution >= 0.6 is 11.8 Å². The van der Waals surface area contributed by atoms with Gasteiger partial charge in [0.15, 0.2) is 0 Å². The molecule has 1 aliphatic heterocycles. The molecule has 1 heterocycles. The van der Waals surface area contributed by atoms with Gasteiger partial charge < -0.3 is 4.85 Å². The van der Waals surface area contributed by atoms with Crippen molar-refractivity contribution in [3.05, 3.63) is 11.4 Å². The van der Waals surface area contributed by atoms with Crippen molar-refractivity contribution in [2.24, 2.45) is 5.92 Å². The van der Waals surface area contributed by atoms with Gasteiger partial charge in [-0.15, -0.1) is 0 Å². The zero-order valence-electron chi connectivity index (χ0n) is 5.47. The maximum atomic E-state index is 6.58. The van der Waals surface area contributed by atoms with Gasteiger partial charge in [-0.3, -0.25) is 0 Å². The Bertz CT molecular complexity index is 111. The van der Waals surface area contributed by atoms with Gasteiger partial charge in [-0.25, -0.2) is 6.57 Å². The van der Waals surface area contributed by atoms with Gasteiger partial charge >= 0.3 is 0 Å². The Morgan fingerprint density at radius 1 is 1.67 bits per heavy atom. The first-order valence-corrected chi connectivity index (χ1v) is 4.50. The third kappa shape index (κ3) is 2.28. The minimum absolute atomic E-state index is 0.741. The molecular weight excluding hydrogens is 130 g/mol. The molecule has 1 rings (SSSR count). The first-order chi connectivity index (χ1) is 4.43. The summed E-state index contributed by atoms with van der Waals surface area (Å²) in [5.41, 5.74) is 0. The Morgan fingerprint density at radius 3 is 3.11 bits per heavy atom. The average molecular weight is 141 g/mol. The molecule has 1 saturated heterocycles. The zero-order chi connectivity index (χ0) is 6.53. The predicted molar refractivity (Wildman–Crippen MR) is 41.5 cm³/mol. The van der Waals surface area contributed by atoms with E-state index >= 15 is 0 Å². The van der Waals surface area contributed by atoms with Crippen LogP contribution in [0.4, 0.5) is 0 Å². The molecule has 0 aromatic heterocycles. The third-order valence-corrected chi connectivity index (χ3v) is 2.90. The normalized spacial score (nSPS) is 25.9. The molecule has 2 heteroatoms. The standard InChI is InChI=1S/C7H11NS/c1-8-4-2-7-3-5-9-6-7/h7H,2-6H2. The van der Waals surface area contributed by atoms with E-state index in [2.05, 4.69) is 4.85 Å². The van der Waals surface area contributed by atoms with Crippen LogP contribution in [-0.4, -0.2) is 18.1 Å². The van der Waals surface area contributed by atoms with E-state index < -0.39 is 0 Å². The van der Waals surface area contributed by atoms with Crippen molar-refractivity contribution < 1.29 is 0 Å². The van der Waals surface area contributed by atoms with E-state index in [0.29, 0.717) is 0 Å². The van der Waals surface area contributed by atoms with E-state index in [1.807, 2.05) is 11.8 Å². The Balaban J connectivity index is 2.06. The summed E-state index contributed by atoms with van der Waals surface area (Å²) in [5, 5.41) is 0.